The van der Waals surface area contributed by atoms with E-state index >= 15 is 0 Å². The quantitative estimate of drug-likeness (QED) is 0.604. The molecule has 29 heavy (non-hydrogen) atoms. The van der Waals surface area contributed by atoms with Crippen LogP contribution >= 0.6 is 0 Å². The Morgan fingerprint density at radius 2 is 1.62 bits per heavy atom. The van der Waals surface area contributed by atoms with Gasteiger partial charge in [-0.1, -0.05) is 6.92 Å². The highest BCUT2D eigenvalue weighted by Gasteiger charge is 2.26. The fourth-order valence-corrected chi connectivity index (χ4v) is 3.34. The van der Waals surface area contributed by atoms with Crippen molar-refractivity contribution in [2.75, 3.05) is 27.4 Å². The average molecular weight is 400 g/mol. The number of carbonyl (C=O) groups is 2. The largest absolute Gasteiger partial charge is 0.492 e. The number of benzene rings is 1. The van der Waals surface area contributed by atoms with Gasteiger partial charge in [0.15, 0.2) is 11.5 Å². The second-order valence-electron chi connectivity index (χ2n) is 6.22. The predicted octanol–water partition coefficient (Wildman–Crippen LogP) is 3.65. The minimum Gasteiger partial charge on any atom is -0.492 e. The fraction of sp³-hybridized carbons (Fsp3) is 0.381. The standard InChI is InChI=1S/C21H24N2O6/c1-6-11-9-13-16(22-11)15-12(20(24)28-7-2)10-14(21(25)29-8-3)23-17(15)19(27-5)18(13)26-4/h9-10,22H,6-8H2,1-5H3. The lowest BCUT2D eigenvalue weighted by Crippen LogP contribution is -2.13. The van der Waals surface area contributed by atoms with Gasteiger partial charge in [-0.05, 0) is 32.4 Å². The van der Waals surface area contributed by atoms with Crippen LogP contribution in [0, 0.1) is 0 Å². The molecule has 0 aliphatic heterocycles. The number of carbonyl (C=O) groups excluding carboxylic acids is 2. The number of hydrogen-bond acceptors (Lipinski definition) is 7. The number of esters is 2. The molecule has 0 atom stereocenters. The minimum atomic E-state index is -0.637. The van der Waals surface area contributed by atoms with E-state index in [4.69, 9.17) is 18.9 Å². The summed E-state index contributed by atoms with van der Waals surface area (Å²) in [5.74, 6) is -0.406. The van der Waals surface area contributed by atoms with Crippen molar-refractivity contribution in [2.45, 2.75) is 27.2 Å². The predicted molar refractivity (Wildman–Crippen MR) is 108 cm³/mol. The molecular weight excluding hydrogens is 376 g/mol. The highest BCUT2D eigenvalue weighted by atomic mass is 16.5. The van der Waals surface area contributed by atoms with Crippen molar-refractivity contribution in [1.82, 2.24) is 9.97 Å². The molecular formula is C21H24N2O6. The van der Waals surface area contributed by atoms with Crippen LogP contribution in [0.3, 0.4) is 0 Å². The van der Waals surface area contributed by atoms with Crippen LogP contribution in [0.1, 0.15) is 47.3 Å². The molecule has 0 unspecified atom stereocenters. The van der Waals surface area contributed by atoms with Crippen LogP contribution in [0.5, 0.6) is 11.5 Å². The Morgan fingerprint density at radius 1 is 0.966 bits per heavy atom. The highest BCUT2D eigenvalue weighted by Crippen LogP contribution is 2.44. The number of rotatable bonds is 7. The second-order valence-corrected chi connectivity index (χ2v) is 6.22. The van der Waals surface area contributed by atoms with Gasteiger partial charge in [-0.25, -0.2) is 14.6 Å². The molecule has 8 nitrogen and oxygen atoms in total. The zero-order valence-electron chi connectivity index (χ0n) is 17.2. The first-order valence-corrected chi connectivity index (χ1v) is 9.45. The van der Waals surface area contributed by atoms with E-state index in [1.165, 1.54) is 20.3 Å². The molecule has 2 aromatic heterocycles. The third-order valence-corrected chi connectivity index (χ3v) is 4.58. The molecule has 0 amide bonds. The maximum atomic E-state index is 12.8. The lowest BCUT2D eigenvalue weighted by atomic mass is 10.0. The van der Waals surface area contributed by atoms with E-state index in [9.17, 15) is 9.59 Å². The molecule has 1 N–H and O–H groups in total. The van der Waals surface area contributed by atoms with E-state index in [0.29, 0.717) is 27.9 Å². The summed E-state index contributed by atoms with van der Waals surface area (Å²) in [6.07, 6.45) is 0.755. The van der Waals surface area contributed by atoms with Gasteiger partial charge in [-0.15, -0.1) is 0 Å². The Kier molecular flexibility index (Phi) is 5.91. The summed E-state index contributed by atoms with van der Waals surface area (Å²) in [6.45, 7) is 5.81. The number of ether oxygens (including phenoxy) is 4. The zero-order valence-corrected chi connectivity index (χ0v) is 17.2. The lowest BCUT2D eigenvalue weighted by Gasteiger charge is -2.15. The molecule has 0 fully saturated rings. The summed E-state index contributed by atoms with van der Waals surface area (Å²) in [4.78, 5) is 32.9. The number of fused-ring (bicyclic) bond motifs is 3. The monoisotopic (exact) mass is 400 g/mol. The van der Waals surface area contributed by atoms with Gasteiger partial charge in [0.05, 0.1) is 38.5 Å². The average Bonchev–Trinajstić information content (AvgIpc) is 3.16. The lowest BCUT2D eigenvalue weighted by molar-refractivity contribution is 0.0519. The SMILES string of the molecule is CCOC(=O)c1cc(C(=O)OCC)c2c(n1)c(OC)c(OC)c1cc(CC)[nH]c12. The summed E-state index contributed by atoms with van der Waals surface area (Å²) in [5, 5.41) is 1.26. The minimum absolute atomic E-state index is 0.00984. The highest BCUT2D eigenvalue weighted by molar-refractivity contribution is 6.19. The van der Waals surface area contributed by atoms with Gasteiger partial charge < -0.3 is 23.9 Å². The summed E-state index contributed by atoms with van der Waals surface area (Å²) in [5.41, 5.74) is 2.13. The van der Waals surface area contributed by atoms with Crippen molar-refractivity contribution in [3.8, 4) is 11.5 Å². The van der Waals surface area contributed by atoms with Crippen LogP contribution in [0.2, 0.25) is 0 Å². The third-order valence-electron chi connectivity index (χ3n) is 4.58. The number of aromatic amines is 1. The molecule has 1 aromatic carbocycles. The van der Waals surface area contributed by atoms with Crippen molar-refractivity contribution >= 4 is 33.7 Å². The molecule has 0 spiro atoms. The molecule has 0 saturated carbocycles. The number of H-pyrrole nitrogens is 1. The first-order valence-electron chi connectivity index (χ1n) is 9.45. The number of aryl methyl sites for hydroxylation is 1. The van der Waals surface area contributed by atoms with Crippen LogP contribution < -0.4 is 9.47 Å². The summed E-state index contributed by atoms with van der Waals surface area (Å²) < 4.78 is 21.5. The normalized spacial score (nSPS) is 10.9. The smallest absolute Gasteiger partial charge is 0.356 e. The number of methoxy groups -OCH3 is 2. The van der Waals surface area contributed by atoms with E-state index in [2.05, 4.69) is 9.97 Å². The van der Waals surface area contributed by atoms with E-state index in [1.807, 2.05) is 13.0 Å². The van der Waals surface area contributed by atoms with Crippen molar-refractivity contribution in [1.29, 1.82) is 0 Å². The van der Waals surface area contributed by atoms with Crippen molar-refractivity contribution in [2.24, 2.45) is 0 Å². The van der Waals surface area contributed by atoms with Crippen LogP contribution in [0.25, 0.3) is 21.8 Å². The number of hydrogen-bond donors (Lipinski definition) is 1. The molecule has 0 aliphatic rings. The number of pyridine rings is 1. The van der Waals surface area contributed by atoms with Gasteiger partial charge in [0, 0.05) is 16.5 Å². The molecule has 0 saturated heterocycles. The number of nitrogens with zero attached hydrogens (tertiary/aromatic N) is 1. The van der Waals surface area contributed by atoms with Gasteiger partial charge in [-0.3, -0.25) is 0 Å². The van der Waals surface area contributed by atoms with Gasteiger partial charge in [-0.2, -0.15) is 0 Å². The maximum Gasteiger partial charge on any atom is 0.356 e. The molecule has 154 valence electrons. The van der Waals surface area contributed by atoms with Crippen molar-refractivity contribution in [3.05, 3.63) is 29.1 Å². The first kappa shape index (κ1) is 20.4. The van der Waals surface area contributed by atoms with Crippen LogP contribution in [-0.2, 0) is 15.9 Å². The van der Waals surface area contributed by atoms with Crippen LogP contribution in [-0.4, -0.2) is 49.3 Å². The fourth-order valence-electron chi connectivity index (χ4n) is 3.34. The molecule has 2 heterocycles. The second kappa shape index (κ2) is 8.38. The zero-order chi connectivity index (χ0) is 21.1. The van der Waals surface area contributed by atoms with Gasteiger partial charge in [0.25, 0.3) is 0 Å². The molecule has 0 radical (unpaired) electrons. The summed E-state index contributed by atoms with van der Waals surface area (Å²) in [7, 11) is 3.02. The Labute approximate surface area is 168 Å². The molecule has 0 aliphatic carbocycles. The molecule has 3 rings (SSSR count). The number of aromatic nitrogens is 2. The van der Waals surface area contributed by atoms with Gasteiger partial charge in [0.2, 0.25) is 0 Å². The van der Waals surface area contributed by atoms with E-state index < -0.39 is 11.9 Å². The van der Waals surface area contributed by atoms with Crippen LogP contribution in [0.4, 0.5) is 0 Å². The molecule has 8 heteroatoms. The summed E-state index contributed by atoms with van der Waals surface area (Å²) >= 11 is 0. The maximum absolute atomic E-state index is 12.8. The van der Waals surface area contributed by atoms with E-state index in [-0.39, 0.29) is 24.5 Å². The Hall–Kier alpha value is -3.29. The van der Waals surface area contributed by atoms with Crippen molar-refractivity contribution in [3.63, 3.8) is 0 Å². The first-order chi connectivity index (χ1) is 14.0. The van der Waals surface area contributed by atoms with Crippen molar-refractivity contribution < 1.29 is 28.5 Å². The summed E-state index contributed by atoms with van der Waals surface area (Å²) in [6, 6.07) is 3.35. The van der Waals surface area contributed by atoms with Crippen LogP contribution in [0.15, 0.2) is 12.1 Å². The Bertz CT molecular complexity index is 1090. The van der Waals surface area contributed by atoms with E-state index in [0.717, 1.165) is 17.5 Å². The molecule has 0 bridgehead atoms. The Morgan fingerprint density at radius 3 is 2.21 bits per heavy atom. The van der Waals surface area contributed by atoms with E-state index in [1.54, 1.807) is 13.8 Å². The topological polar surface area (TPSA) is 99.7 Å². The molecule has 3 aromatic rings. The third kappa shape index (κ3) is 3.46. The Balaban J connectivity index is 2.51. The van der Waals surface area contributed by atoms with Gasteiger partial charge >= 0.3 is 11.9 Å². The number of nitrogens with one attached hydrogen (secondary N) is 1. The van der Waals surface area contributed by atoms with Gasteiger partial charge in [0.1, 0.15) is 11.2 Å².